The second kappa shape index (κ2) is 10.3. The Kier molecular flexibility index (Phi) is 6.34. The summed E-state index contributed by atoms with van der Waals surface area (Å²) in [5.74, 6) is 0.590. The molecule has 0 atom stereocenters. The number of imidazole rings is 1. The third-order valence-electron chi connectivity index (χ3n) is 7.92. The highest BCUT2D eigenvalue weighted by Crippen LogP contribution is 2.45. The minimum atomic E-state index is -0.0463. The van der Waals surface area contributed by atoms with Crippen molar-refractivity contribution in [3.63, 3.8) is 0 Å². The summed E-state index contributed by atoms with van der Waals surface area (Å²) in [5, 5.41) is 2.19. The fourth-order valence-electron chi connectivity index (χ4n) is 6.05. The Morgan fingerprint density at radius 2 is 1.14 bits per heavy atom. The Bertz CT molecular complexity index is 2370. The van der Waals surface area contributed by atoms with Gasteiger partial charge >= 0.3 is 0 Å². The first-order valence-corrected chi connectivity index (χ1v) is 15.6. The summed E-state index contributed by atoms with van der Waals surface area (Å²) in [6, 6.07) is 27.0. The molecule has 2 aliphatic rings. The molecule has 3 heterocycles. The van der Waals surface area contributed by atoms with Crippen LogP contribution < -0.4 is 0 Å². The highest BCUT2D eigenvalue weighted by atomic mass is 79.9. The molecule has 6 nitrogen and oxygen atoms in total. The summed E-state index contributed by atoms with van der Waals surface area (Å²) in [7, 11) is 0. The van der Waals surface area contributed by atoms with E-state index in [1.165, 1.54) is 0 Å². The molecule has 0 fully saturated rings. The van der Waals surface area contributed by atoms with Gasteiger partial charge in [0, 0.05) is 54.4 Å². The second-order valence-electron chi connectivity index (χ2n) is 10.4. The number of carbonyl (C=O) groups is 2. The van der Waals surface area contributed by atoms with Crippen molar-refractivity contribution in [2.75, 3.05) is 0 Å². The second-order valence-corrected chi connectivity index (χ2v) is 12.6. The van der Waals surface area contributed by atoms with Gasteiger partial charge in [0.15, 0.2) is 17.4 Å². The first kappa shape index (κ1) is 27.1. The van der Waals surface area contributed by atoms with Crippen molar-refractivity contribution in [2.24, 2.45) is 0 Å². The lowest BCUT2D eigenvalue weighted by atomic mass is 10.0. The van der Waals surface area contributed by atoms with Crippen LogP contribution in [0.1, 0.15) is 31.8 Å². The number of halogens is 3. The summed E-state index contributed by atoms with van der Waals surface area (Å²) in [4.78, 5) is 38.7. The summed E-state index contributed by atoms with van der Waals surface area (Å²) in [6.45, 7) is 0. The van der Waals surface area contributed by atoms with Gasteiger partial charge in [-0.25, -0.2) is 15.0 Å². The molecule has 9 rings (SSSR count). The predicted octanol–water partition coefficient (Wildman–Crippen LogP) is 9.26. The third kappa shape index (κ3) is 4.09. The molecule has 0 radical (unpaired) electrons. The van der Waals surface area contributed by atoms with Crippen molar-refractivity contribution < 1.29 is 9.59 Å². The normalized spacial score (nSPS) is 12.5. The molecular formula is C35H17Br2ClN4O2. The van der Waals surface area contributed by atoms with E-state index in [0.29, 0.717) is 22.5 Å². The molecule has 0 bridgehead atoms. The van der Waals surface area contributed by atoms with E-state index < -0.39 is 0 Å². The van der Waals surface area contributed by atoms with Gasteiger partial charge in [-0.05, 0) is 47.5 Å². The molecule has 4 aromatic carbocycles. The van der Waals surface area contributed by atoms with Crippen LogP contribution in [0.3, 0.4) is 0 Å². The third-order valence-corrected chi connectivity index (χ3v) is 9.18. The van der Waals surface area contributed by atoms with E-state index in [4.69, 9.17) is 16.6 Å². The van der Waals surface area contributed by atoms with Gasteiger partial charge in [0.25, 0.3) is 0 Å². The molecular weight excluding hydrogens is 704 g/mol. The fraction of sp³-hybridized carbons (Fsp3) is 0. The highest BCUT2D eigenvalue weighted by molar-refractivity contribution is 9.10. The zero-order chi connectivity index (χ0) is 30.1. The largest absolute Gasteiger partial charge is 0.290 e. The van der Waals surface area contributed by atoms with E-state index in [0.717, 1.165) is 58.6 Å². The molecule has 0 spiro atoms. The highest BCUT2D eigenvalue weighted by Gasteiger charge is 2.33. The van der Waals surface area contributed by atoms with Gasteiger partial charge < -0.3 is 0 Å². The van der Waals surface area contributed by atoms with Gasteiger partial charge in [0.2, 0.25) is 0 Å². The van der Waals surface area contributed by atoms with E-state index in [9.17, 15) is 9.59 Å². The SMILES string of the molecule is O=C1c2ccccc2-c2c1c(-n1ccnc1)nc1ccc(Br)cc21.O=C1c2ccccc2-c2c1c(Cl)nc1ccc(Br)cc21. The van der Waals surface area contributed by atoms with Crippen molar-refractivity contribution in [3.05, 3.63) is 140 Å². The maximum atomic E-state index is 13.0. The molecule has 0 amide bonds. The Hall–Kier alpha value is -4.50. The molecule has 0 N–H and O–H groups in total. The van der Waals surface area contributed by atoms with Crippen LogP contribution in [-0.2, 0) is 0 Å². The maximum Gasteiger partial charge on any atom is 0.198 e. The van der Waals surface area contributed by atoms with Crippen LogP contribution in [0, 0.1) is 0 Å². The zero-order valence-corrected chi connectivity index (χ0v) is 26.5. The number of pyridine rings is 2. The lowest BCUT2D eigenvalue weighted by molar-refractivity contribution is 0.103. The quantitative estimate of drug-likeness (QED) is 0.158. The van der Waals surface area contributed by atoms with E-state index in [2.05, 4.69) is 41.8 Å². The zero-order valence-electron chi connectivity index (χ0n) is 22.6. The van der Waals surface area contributed by atoms with Gasteiger partial charge in [-0.15, -0.1) is 0 Å². The van der Waals surface area contributed by atoms with Gasteiger partial charge in [0.1, 0.15) is 11.5 Å². The topological polar surface area (TPSA) is 77.7 Å². The number of nitrogens with zero attached hydrogens (tertiary/aromatic N) is 4. The Balaban J connectivity index is 0.000000134. The summed E-state index contributed by atoms with van der Waals surface area (Å²) in [5.41, 5.74) is 7.95. The van der Waals surface area contributed by atoms with Crippen molar-refractivity contribution in [1.29, 1.82) is 0 Å². The van der Waals surface area contributed by atoms with Crippen LogP contribution >= 0.6 is 43.5 Å². The number of benzene rings is 4. The molecule has 7 aromatic rings. The number of carbonyl (C=O) groups excluding carboxylic acids is 2. The Morgan fingerprint density at radius 1 is 0.614 bits per heavy atom. The predicted molar refractivity (Wildman–Crippen MR) is 179 cm³/mol. The number of fused-ring (bicyclic) bond motifs is 10. The molecule has 0 saturated carbocycles. The molecule has 3 aromatic heterocycles. The van der Waals surface area contributed by atoms with E-state index in [1.54, 1.807) is 17.1 Å². The minimum absolute atomic E-state index is 0.0127. The number of hydrogen-bond donors (Lipinski definition) is 0. The van der Waals surface area contributed by atoms with Gasteiger partial charge in [-0.3, -0.25) is 14.2 Å². The Labute approximate surface area is 272 Å². The van der Waals surface area contributed by atoms with Gasteiger partial charge in [-0.1, -0.05) is 92.0 Å². The van der Waals surface area contributed by atoms with Gasteiger partial charge in [0.05, 0.1) is 22.2 Å². The van der Waals surface area contributed by atoms with E-state index in [1.807, 2.05) is 91.1 Å². The summed E-state index contributed by atoms with van der Waals surface area (Å²) >= 11 is 13.2. The van der Waals surface area contributed by atoms with Gasteiger partial charge in [-0.2, -0.15) is 0 Å². The van der Waals surface area contributed by atoms with Crippen LogP contribution in [0.25, 0.3) is 49.9 Å². The number of hydrogen-bond acceptors (Lipinski definition) is 5. The van der Waals surface area contributed by atoms with Crippen LogP contribution in [0.15, 0.2) is 113 Å². The number of rotatable bonds is 1. The van der Waals surface area contributed by atoms with Crippen LogP contribution in [0.4, 0.5) is 0 Å². The van der Waals surface area contributed by atoms with Crippen molar-refractivity contribution in [3.8, 4) is 28.1 Å². The van der Waals surface area contributed by atoms with E-state index >= 15 is 0 Å². The Morgan fingerprint density at radius 3 is 1.70 bits per heavy atom. The minimum Gasteiger partial charge on any atom is -0.290 e. The number of ketones is 2. The van der Waals surface area contributed by atoms with Crippen molar-refractivity contribution in [2.45, 2.75) is 0 Å². The number of aromatic nitrogens is 4. The molecule has 44 heavy (non-hydrogen) atoms. The van der Waals surface area contributed by atoms with E-state index in [-0.39, 0.29) is 16.7 Å². The van der Waals surface area contributed by atoms with Crippen molar-refractivity contribution >= 4 is 76.8 Å². The molecule has 0 saturated heterocycles. The molecule has 9 heteroatoms. The lowest BCUT2D eigenvalue weighted by Gasteiger charge is -2.11. The van der Waals surface area contributed by atoms with Crippen molar-refractivity contribution in [1.82, 2.24) is 19.5 Å². The lowest BCUT2D eigenvalue weighted by Crippen LogP contribution is -2.06. The molecule has 2 aliphatic carbocycles. The first-order chi connectivity index (χ1) is 21.4. The van der Waals surface area contributed by atoms with Crippen LogP contribution in [0.2, 0.25) is 5.15 Å². The molecule has 0 aliphatic heterocycles. The average molecular weight is 721 g/mol. The summed E-state index contributed by atoms with van der Waals surface area (Å²) < 4.78 is 3.71. The maximum absolute atomic E-state index is 13.0. The smallest absolute Gasteiger partial charge is 0.198 e. The standard InChI is InChI=1S/C19H10BrN3O.C16H7BrClNO/c20-11-5-6-15-14(9-11)16-12-3-1-2-4-13(12)18(24)17(16)19(22-15)23-8-7-21-10-23;17-8-5-6-12-11(7-8)13-9-3-1-2-4-10(9)15(20)14(13)16(18)19-12/h1-10H;1-7H. The molecule has 0 unspecified atom stereocenters. The van der Waals surface area contributed by atoms with Crippen LogP contribution in [0.5, 0.6) is 0 Å². The first-order valence-electron chi connectivity index (χ1n) is 13.6. The monoisotopic (exact) mass is 718 g/mol. The fourth-order valence-corrected chi connectivity index (χ4v) is 7.04. The average Bonchev–Trinajstić information content (AvgIpc) is 3.75. The molecule has 210 valence electrons. The van der Waals surface area contributed by atoms with Crippen LogP contribution in [-0.4, -0.2) is 31.1 Å². The summed E-state index contributed by atoms with van der Waals surface area (Å²) in [6.07, 6.45) is 5.17.